The van der Waals surface area contributed by atoms with E-state index in [-0.39, 0.29) is 16.5 Å². The summed E-state index contributed by atoms with van der Waals surface area (Å²) in [7, 11) is 0. The molecule has 0 fully saturated rings. The number of pyridine rings is 1. The standard InChI is InChI=1S/C20H9F2NO3/c21-10-4-5-15-12(8-10)19-18-11(2-1-3-16(18)26-15)17-13(22)6-9(20(24)25)7-14(17)23-19/h1-8H,(H,24,25). The average molecular weight is 349 g/mol. The van der Waals surface area contributed by atoms with Crippen LogP contribution in [0.1, 0.15) is 10.4 Å². The van der Waals surface area contributed by atoms with Gasteiger partial charge in [-0.3, -0.25) is 0 Å². The van der Waals surface area contributed by atoms with E-state index in [4.69, 9.17) is 4.74 Å². The minimum Gasteiger partial charge on any atom is -0.478 e. The molecule has 0 bridgehead atoms. The van der Waals surface area contributed by atoms with Crippen molar-refractivity contribution in [3.63, 3.8) is 0 Å². The molecule has 3 aromatic carbocycles. The molecule has 0 radical (unpaired) electrons. The number of ether oxygens (including phenoxy) is 1. The van der Waals surface area contributed by atoms with E-state index in [1.54, 1.807) is 18.2 Å². The van der Waals surface area contributed by atoms with Crippen LogP contribution in [-0.2, 0) is 0 Å². The number of aromatic carboxylic acids is 1. The van der Waals surface area contributed by atoms with E-state index >= 15 is 0 Å². The van der Waals surface area contributed by atoms with Gasteiger partial charge in [0.1, 0.15) is 23.1 Å². The highest BCUT2D eigenvalue weighted by atomic mass is 19.1. The number of hydrogen-bond acceptors (Lipinski definition) is 3. The molecule has 26 heavy (non-hydrogen) atoms. The van der Waals surface area contributed by atoms with Crippen molar-refractivity contribution in [2.45, 2.75) is 0 Å². The third-order valence-electron chi connectivity index (χ3n) is 4.50. The monoisotopic (exact) mass is 349 g/mol. The lowest BCUT2D eigenvalue weighted by atomic mass is 9.96. The van der Waals surface area contributed by atoms with E-state index in [9.17, 15) is 18.7 Å². The van der Waals surface area contributed by atoms with E-state index in [0.717, 1.165) is 6.07 Å². The van der Waals surface area contributed by atoms with Gasteiger partial charge in [0.05, 0.1) is 22.2 Å². The van der Waals surface area contributed by atoms with E-state index in [1.165, 1.54) is 24.3 Å². The van der Waals surface area contributed by atoms with Gasteiger partial charge in [-0.05, 0) is 41.8 Å². The van der Waals surface area contributed by atoms with Gasteiger partial charge >= 0.3 is 5.97 Å². The Hall–Kier alpha value is -3.54. The van der Waals surface area contributed by atoms with Crippen LogP contribution in [0.5, 0.6) is 11.5 Å². The Morgan fingerprint density at radius 1 is 1.00 bits per heavy atom. The highest BCUT2D eigenvalue weighted by Gasteiger charge is 2.25. The molecule has 0 saturated carbocycles. The molecule has 0 spiro atoms. The molecule has 4 nitrogen and oxygen atoms in total. The Balaban J connectivity index is 2.00. The summed E-state index contributed by atoms with van der Waals surface area (Å²) < 4.78 is 34.3. The Morgan fingerprint density at radius 2 is 1.85 bits per heavy atom. The number of halogens is 2. The number of carbonyl (C=O) groups is 1. The van der Waals surface area contributed by atoms with Gasteiger partial charge in [0.15, 0.2) is 0 Å². The van der Waals surface area contributed by atoms with Gasteiger partial charge in [-0.2, -0.15) is 0 Å². The van der Waals surface area contributed by atoms with Crippen molar-refractivity contribution in [1.82, 2.24) is 4.98 Å². The van der Waals surface area contributed by atoms with Gasteiger partial charge in [0, 0.05) is 10.9 Å². The van der Waals surface area contributed by atoms with Crippen LogP contribution >= 0.6 is 0 Å². The predicted molar refractivity (Wildman–Crippen MR) is 91.6 cm³/mol. The van der Waals surface area contributed by atoms with Crippen LogP contribution in [0.2, 0.25) is 0 Å². The summed E-state index contributed by atoms with van der Waals surface area (Å²) in [5.41, 5.74) is 0.874. The number of nitrogens with zero attached hydrogens (tertiary/aromatic N) is 1. The molecule has 126 valence electrons. The fourth-order valence-electron chi connectivity index (χ4n) is 3.41. The maximum Gasteiger partial charge on any atom is 0.335 e. The Kier molecular flexibility index (Phi) is 2.83. The van der Waals surface area contributed by atoms with E-state index in [2.05, 4.69) is 4.98 Å². The largest absolute Gasteiger partial charge is 0.478 e. The fourth-order valence-corrected chi connectivity index (χ4v) is 3.41. The smallest absolute Gasteiger partial charge is 0.335 e. The lowest BCUT2D eigenvalue weighted by Gasteiger charge is -2.21. The third kappa shape index (κ3) is 1.92. The van der Waals surface area contributed by atoms with E-state index in [1.807, 2.05) is 0 Å². The Morgan fingerprint density at radius 3 is 2.65 bits per heavy atom. The Labute approximate surface area is 145 Å². The van der Waals surface area contributed by atoms with Crippen molar-refractivity contribution in [2.75, 3.05) is 0 Å². The summed E-state index contributed by atoms with van der Waals surface area (Å²) in [5.74, 6) is -1.45. The average Bonchev–Trinajstić information content (AvgIpc) is 2.62. The molecule has 4 aromatic rings. The van der Waals surface area contributed by atoms with Crippen molar-refractivity contribution in [3.8, 4) is 22.8 Å². The molecule has 0 saturated heterocycles. The zero-order chi connectivity index (χ0) is 18.0. The molecule has 6 heteroatoms. The molecule has 2 heterocycles. The number of benzene rings is 3. The minimum absolute atomic E-state index is 0.194. The number of carboxylic acids is 1. The summed E-state index contributed by atoms with van der Waals surface area (Å²) >= 11 is 0. The number of aromatic nitrogens is 1. The maximum atomic E-state index is 14.7. The number of fused-ring (bicyclic) bond motifs is 4. The first-order chi connectivity index (χ1) is 12.5. The summed E-state index contributed by atoms with van der Waals surface area (Å²) in [4.78, 5) is 15.7. The lowest BCUT2D eigenvalue weighted by molar-refractivity contribution is 0.0696. The van der Waals surface area contributed by atoms with Crippen LogP contribution in [0.15, 0.2) is 48.5 Å². The van der Waals surface area contributed by atoms with Gasteiger partial charge < -0.3 is 9.84 Å². The minimum atomic E-state index is -1.25. The van der Waals surface area contributed by atoms with Crippen LogP contribution in [0.4, 0.5) is 8.78 Å². The van der Waals surface area contributed by atoms with Gasteiger partial charge in [0.2, 0.25) is 0 Å². The van der Waals surface area contributed by atoms with Gasteiger partial charge in [-0.1, -0.05) is 12.1 Å². The van der Waals surface area contributed by atoms with E-state index < -0.39 is 17.6 Å². The second-order valence-corrected chi connectivity index (χ2v) is 6.04. The van der Waals surface area contributed by atoms with Crippen LogP contribution < -0.4 is 4.74 Å². The molecule has 0 atom stereocenters. The third-order valence-corrected chi connectivity index (χ3v) is 4.50. The number of hydrogen-bond donors (Lipinski definition) is 1. The molecule has 1 N–H and O–H groups in total. The second-order valence-electron chi connectivity index (χ2n) is 6.04. The van der Waals surface area contributed by atoms with Crippen molar-refractivity contribution in [1.29, 1.82) is 0 Å². The topological polar surface area (TPSA) is 59.4 Å². The highest BCUT2D eigenvalue weighted by Crippen LogP contribution is 2.47. The van der Waals surface area contributed by atoms with Crippen LogP contribution in [0.25, 0.3) is 32.9 Å². The van der Waals surface area contributed by atoms with Crippen molar-refractivity contribution in [2.24, 2.45) is 0 Å². The molecule has 0 unspecified atom stereocenters. The molecule has 5 rings (SSSR count). The molecular formula is C20H9F2NO3. The van der Waals surface area contributed by atoms with Crippen molar-refractivity contribution < 1.29 is 23.4 Å². The quantitative estimate of drug-likeness (QED) is 0.426. The lowest BCUT2D eigenvalue weighted by Crippen LogP contribution is -2.03. The molecule has 1 aliphatic rings. The van der Waals surface area contributed by atoms with Crippen LogP contribution in [0.3, 0.4) is 0 Å². The normalized spacial score (nSPS) is 12.1. The van der Waals surface area contributed by atoms with Gasteiger partial charge in [-0.15, -0.1) is 0 Å². The first-order valence-corrected chi connectivity index (χ1v) is 7.80. The first-order valence-electron chi connectivity index (χ1n) is 7.80. The molecular weight excluding hydrogens is 340 g/mol. The molecule has 0 aliphatic carbocycles. The van der Waals surface area contributed by atoms with Crippen molar-refractivity contribution >= 4 is 27.6 Å². The van der Waals surface area contributed by atoms with Crippen molar-refractivity contribution in [3.05, 3.63) is 65.7 Å². The summed E-state index contributed by atoms with van der Waals surface area (Å²) in [6.07, 6.45) is 0. The van der Waals surface area contributed by atoms with E-state index in [0.29, 0.717) is 33.5 Å². The maximum absolute atomic E-state index is 14.7. The fraction of sp³-hybridized carbons (Fsp3) is 0. The van der Waals surface area contributed by atoms with Gasteiger partial charge in [-0.25, -0.2) is 18.6 Å². The number of carboxylic acid groups (broad SMARTS) is 1. The molecule has 1 aliphatic heterocycles. The summed E-state index contributed by atoms with van der Waals surface area (Å²) in [6.45, 7) is 0. The molecule has 0 amide bonds. The summed E-state index contributed by atoms with van der Waals surface area (Å²) in [6, 6.07) is 11.5. The van der Waals surface area contributed by atoms with Gasteiger partial charge in [0.25, 0.3) is 0 Å². The zero-order valence-corrected chi connectivity index (χ0v) is 13.1. The predicted octanol–water partition coefficient (Wildman–Crippen LogP) is 5.14. The first kappa shape index (κ1) is 14.8. The SMILES string of the molecule is O=C(O)c1cc(F)c2c(c1)nc1c3c(cccc32)Oc2ccc(F)cc2-1. The summed E-state index contributed by atoms with van der Waals surface area (Å²) in [5, 5.41) is 10.5. The number of rotatable bonds is 1. The zero-order valence-electron chi connectivity index (χ0n) is 13.1. The highest BCUT2D eigenvalue weighted by molar-refractivity contribution is 6.15. The Bertz CT molecular complexity index is 1270. The van der Waals surface area contributed by atoms with Crippen LogP contribution in [-0.4, -0.2) is 16.1 Å². The second kappa shape index (κ2) is 4.98. The van der Waals surface area contributed by atoms with Crippen LogP contribution in [0, 0.1) is 11.6 Å². The molecule has 1 aromatic heterocycles.